The van der Waals surface area contributed by atoms with E-state index < -0.39 is 0 Å². The first-order valence-corrected chi connectivity index (χ1v) is 7.34. The first-order chi connectivity index (χ1) is 11.3. The predicted octanol–water partition coefficient (Wildman–Crippen LogP) is 5.67. The quantitative estimate of drug-likeness (QED) is 0.431. The molecule has 0 aliphatic heterocycles. The van der Waals surface area contributed by atoms with Crippen LogP contribution in [-0.2, 0) is 0 Å². The van der Waals surface area contributed by atoms with Gasteiger partial charge in [-0.1, -0.05) is 60.7 Å². The molecule has 0 saturated heterocycles. The van der Waals surface area contributed by atoms with Crippen molar-refractivity contribution in [2.75, 3.05) is 7.11 Å². The molecule has 0 aliphatic rings. The maximum absolute atomic E-state index is 8.73. The summed E-state index contributed by atoms with van der Waals surface area (Å²) < 4.78 is 14.0. The zero-order chi connectivity index (χ0) is 15.8. The molecule has 0 bridgehead atoms. The molecule has 0 saturated carbocycles. The number of benzene rings is 4. The van der Waals surface area contributed by atoms with Gasteiger partial charge in [-0.05, 0) is 50.8 Å². The Labute approximate surface area is 131 Å². The number of fused-ring (bicyclic) bond motifs is 3. The lowest BCUT2D eigenvalue weighted by Gasteiger charge is -2.11. The summed E-state index contributed by atoms with van der Waals surface area (Å²) in [5.41, 5.74) is 2.01. The number of hydrogen-bond donors (Lipinski definition) is 0. The summed E-state index contributed by atoms with van der Waals surface area (Å²) >= 11 is 0. The van der Waals surface area contributed by atoms with Crippen LogP contribution in [0.1, 0.15) is 1.37 Å². The third-order valence-electron chi connectivity index (χ3n) is 4.05. The minimum absolute atomic E-state index is 0.574. The topological polar surface area (TPSA) is 9.23 Å². The number of hydrogen-bond acceptors (Lipinski definition) is 1. The largest absolute Gasteiger partial charge is 0.497 e. The number of methoxy groups -OCH3 is 1. The highest BCUT2D eigenvalue weighted by molar-refractivity contribution is 6.13. The lowest BCUT2D eigenvalue weighted by Crippen LogP contribution is -1.86. The van der Waals surface area contributed by atoms with Crippen LogP contribution >= 0.6 is 0 Å². The van der Waals surface area contributed by atoms with Crippen molar-refractivity contribution in [3.05, 3.63) is 78.8 Å². The molecule has 0 fully saturated rings. The summed E-state index contributed by atoms with van der Waals surface area (Å²) in [6.07, 6.45) is 0. The van der Waals surface area contributed by atoms with E-state index in [1.807, 2.05) is 48.5 Å². The fourth-order valence-corrected chi connectivity index (χ4v) is 2.95. The molecular formula is C21H16O. The molecule has 1 heteroatoms. The molecule has 0 N–H and O–H groups in total. The van der Waals surface area contributed by atoms with Gasteiger partial charge >= 0.3 is 0 Å². The Morgan fingerprint density at radius 3 is 2.09 bits per heavy atom. The molecule has 1 nitrogen and oxygen atoms in total. The van der Waals surface area contributed by atoms with E-state index >= 15 is 0 Å². The standard InChI is InChI=1S/C21H16O/c1-22-17-12-10-15(11-13-17)21-14-16-6-2-3-7-18(16)19-8-4-5-9-20(19)21/h2-14H,1H3/i14D. The van der Waals surface area contributed by atoms with Crippen molar-refractivity contribution in [3.63, 3.8) is 0 Å². The van der Waals surface area contributed by atoms with Gasteiger partial charge < -0.3 is 4.74 Å². The van der Waals surface area contributed by atoms with Crippen molar-refractivity contribution < 1.29 is 6.11 Å². The number of rotatable bonds is 2. The van der Waals surface area contributed by atoms with E-state index in [4.69, 9.17) is 6.11 Å². The zero-order valence-electron chi connectivity index (χ0n) is 13.3. The fraction of sp³-hybridized carbons (Fsp3) is 0.0476. The average Bonchev–Trinajstić information content (AvgIpc) is 2.63. The Morgan fingerprint density at radius 2 is 1.36 bits per heavy atom. The molecule has 4 aromatic rings. The van der Waals surface area contributed by atoms with Crippen LogP contribution < -0.4 is 4.74 Å². The van der Waals surface area contributed by atoms with Gasteiger partial charge in [0.15, 0.2) is 0 Å². The Hall–Kier alpha value is -2.80. The van der Waals surface area contributed by atoms with E-state index in [9.17, 15) is 0 Å². The van der Waals surface area contributed by atoms with Gasteiger partial charge in [-0.25, -0.2) is 0 Å². The lowest BCUT2D eigenvalue weighted by molar-refractivity contribution is 0.415. The highest BCUT2D eigenvalue weighted by atomic mass is 16.5. The van der Waals surface area contributed by atoms with E-state index in [1.54, 1.807) is 7.11 Å². The van der Waals surface area contributed by atoms with Crippen LogP contribution in [0.15, 0.2) is 78.8 Å². The third kappa shape index (κ3) is 2.03. The van der Waals surface area contributed by atoms with Crippen molar-refractivity contribution >= 4 is 21.5 Å². The summed E-state index contributed by atoms with van der Waals surface area (Å²) in [6.45, 7) is 0. The molecule has 4 aromatic carbocycles. The van der Waals surface area contributed by atoms with E-state index in [0.29, 0.717) is 6.04 Å². The Bertz CT molecular complexity index is 1000. The van der Waals surface area contributed by atoms with E-state index in [2.05, 4.69) is 24.3 Å². The third-order valence-corrected chi connectivity index (χ3v) is 4.05. The maximum atomic E-state index is 8.73. The molecule has 0 amide bonds. The summed E-state index contributed by atoms with van der Waals surface area (Å²) in [4.78, 5) is 0. The molecular weight excluding hydrogens is 268 g/mol. The van der Waals surface area contributed by atoms with Gasteiger partial charge in [0, 0.05) is 0 Å². The smallest absolute Gasteiger partial charge is 0.118 e. The van der Waals surface area contributed by atoms with Gasteiger partial charge in [-0.15, -0.1) is 0 Å². The minimum atomic E-state index is 0.574. The van der Waals surface area contributed by atoms with Crippen molar-refractivity contribution in [3.8, 4) is 16.9 Å². The van der Waals surface area contributed by atoms with Gasteiger partial charge in [0.05, 0.1) is 8.48 Å². The Kier molecular flexibility index (Phi) is 2.79. The summed E-state index contributed by atoms with van der Waals surface area (Å²) in [5.74, 6) is 0.824. The SMILES string of the molecule is [2H]c1c(-c2ccc(OC)cc2)c2ccccc2c2ccccc12. The monoisotopic (exact) mass is 285 g/mol. The predicted molar refractivity (Wildman–Crippen MR) is 93.4 cm³/mol. The molecule has 0 unspecified atom stereocenters. The fourth-order valence-electron chi connectivity index (χ4n) is 2.95. The maximum Gasteiger partial charge on any atom is 0.118 e. The van der Waals surface area contributed by atoms with Gasteiger partial charge in [0.2, 0.25) is 0 Å². The first-order valence-electron chi connectivity index (χ1n) is 7.84. The van der Waals surface area contributed by atoms with Crippen molar-refractivity contribution in [2.24, 2.45) is 0 Å². The normalized spacial score (nSPS) is 11.6. The molecule has 0 spiro atoms. The second-order valence-electron chi connectivity index (χ2n) is 5.32. The summed E-state index contributed by atoms with van der Waals surface area (Å²) in [6, 6.07) is 24.9. The van der Waals surface area contributed by atoms with Crippen LogP contribution in [0.3, 0.4) is 0 Å². The van der Waals surface area contributed by atoms with Crippen LogP contribution in [0.2, 0.25) is 0 Å². The van der Waals surface area contributed by atoms with E-state index in [0.717, 1.165) is 33.0 Å². The van der Waals surface area contributed by atoms with E-state index in [-0.39, 0.29) is 0 Å². The lowest BCUT2D eigenvalue weighted by atomic mass is 9.93. The van der Waals surface area contributed by atoms with Crippen molar-refractivity contribution in [1.82, 2.24) is 0 Å². The molecule has 106 valence electrons. The minimum Gasteiger partial charge on any atom is -0.497 e. The summed E-state index contributed by atoms with van der Waals surface area (Å²) in [5, 5.41) is 4.41. The van der Waals surface area contributed by atoms with Crippen LogP contribution in [0, 0.1) is 0 Å². The van der Waals surface area contributed by atoms with Gasteiger partial charge in [0.1, 0.15) is 5.75 Å². The molecule has 0 aromatic heterocycles. The highest BCUT2D eigenvalue weighted by Crippen LogP contribution is 2.35. The average molecular weight is 285 g/mol. The van der Waals surface area contributed by atoms with Crippen molar-refractivity contribution in [1.29, 1.82) is 0 Å². The molecule has 22 heavy (non-hydrogen) atoms. The van der Waals surface area contributed by atoms with Crippen LogP contribution in [0.5, 0.6) is 5.75 Å². The first kappa shape index (κ1) is 11.8. The van der Waals surface area contributed by atoms with Crippen LogP contribution in [-0.4, -0.2) is 7.11 Å². The molecule has 0 atom stereocenters. The molecule has 4 rings (SSSR count). The van der Waals surface area contributed by atoms with Gasteiger partial charge in [0.25, 0.3) is 0 Å². The van der Waals surface area contributed by atoms with Gasteiger partial charge in [-0.2, -0.15) is 0 Å². The van der Waals surface area contributed by atoms with Crippen molar-refractivity contribution in [2.45, 2.75) is 0 Å². The van der Waals surface area contributed by atoms with Crippen LogP contribution in [0.4, 0.5) is 0 Å². The second kappa shape index (κ2) is 5.19. The molecule has 0 radical (unpaired) electrons. The Balaban J connectivity index is 2.13. The van der Waals surface area contributed by atoms with Crippen LogP contribution in [0.25, 0.3) is 32.7 Å². The zero-order valence-corrected chi connectivity index (χ0v) is 12.3. The Morgan fingerprint density at radius 1 is 0.727 bits per heavy atom. The number of ether oxygens (including phenoxy) is 1. The molecule has 0 aliphatic carbocycles. The van der Waals surface area contributed by atoms with E-state index in [1.165, 1.54) is 5.39 Å². The van der Waals surface area contributed by atoms with Gasteiger partial charge in [-0.3, -0.25) is 0 Å². The second-order valence-corrected chi connectivity index (χ2v) is 5.32. The highest BCUT2D eigenvalue weighted by Gasteiger charge is 2.08. The molecule has 0 heterocycles. The summed E-state index contributed by atoms with van der Waals surface area (Å²) in [7, 11) is 1.66.